The summed E-state index contributed by atoms with van der Waals surface area (Å²) in [5, 5.41) is 7.32. The van der Waals surface area contributed by atoms with Crippen LogP contribution < -0.4 is 5.32 Å². The second-order valence-electron chi connectivity index (χ2n) is 6.23. The van der Waals surface area contributed by atoms with Crippen LogP contribution in [0.1, 0.15) is 41.7 Å². The molecule has 130 valence electrons. The number of nitrogens with zero attached hydrogens (tertiary/aromatic N) is 4. The van der Waals surface area contributed by atoms with Crippen molar-refractivity contribution in [1.82, 2.24) is 19.6 Å². The average Bonchev–Trinajstić information content (AvgIpc) is 2.96. The van der Waals surface area contributed by atoms with E-state index in [9.17, 15) is 4.79 Å². The standard InChI is InChI=1S/C19H23N5O/c1-5-15-6-8-16(9-7-15)22-18(25)11-10-17-12(2)20-19-21-14(4)23-24(19)13(17)3/h6-9H,5,10-11H2,1-4H3,(H,22,25). The summed E-state index contributed by atoms with van der Waals surface area (Å²) in [6, 6.07) is 7.96. The molecule has 6 heteroatoms. The molecule has 0 fully saturated rings. The van der Waals surface area contributed by atoms with Crippen molar-refractivity contribution in [3.05, 3.63) is 52.6 Å². The van der Waals surface area contributed by atoms with Gasteiger partial charge in [-0.2, -0.15) is 10.1 Å². The lowest BCUT2D eigenvalue weighted by Gasteiger charge is -2.10. The van der Waals surface area contributed by atoms with Crippen molar-refractivity contribution >= 4 is 17.4 Å². The Hall–Kier alpha value is -2.76. The van der Waals surface area contributed by atoms with E-state index in [0.29, 0.717) is 24.4 Å². The van der Waals surface area contributed by atoms with E-state index in [1.165, 1.54) is 5.56 Å². The van der Waals surface area contributed by atoms with Gasteiger partial charge in [0.05, 0.1) is 0 Å². The van der Waals surface area contributed by atoms with Gasteiger partial charge >= 0.3 is 0 Å². The monoisotopic (exact) mass is 337 g/mol. The van der Waals surface area contributed by atoms with Crippen molar-refractivity contribution in [2.45, 2.75) is 47.0 Å². The van der Waals surface area contributed by atoms with Crippen molar-refractivity contribution < 1.29 is 4.79 Å². The highest BCUT2D eigenvalue weighted by Gasteiger charge is 2.13. The van der Waals surface area contributed by atoms with Gasteiger partial charge in [-0.15, -0.1) is 0 Å². The molecule has 0 aliphatic heterocycles. The quantitative estimate of drug-likeness (QED) is 0.776. The fourth-order valence-corrected chi connectivity index (χ4v) is 2.96. The summed E-state index contributed by atoms with van der Waals surface area (Å²) in [5.41, 5.74) is 5.03. The lowest BCUT2D eigenvalue weighted by molar-refractivity contribution is -0.116. The van der Waals surface area contributed by atoms with E-state index < -0.39 is 0 Å². The van der Waals surface area contributed by atoms with Gasteiger partial charge < -0.3 is 5.32 Å². The predicted molar refractivity (Wildman–Crippen MR) is 97.8 cm³/mol. The molecule has 3 rings (SSSR count). The summed E-state index contributed by atoms with van der Waals surface area (Å²) in [6.07, 6.45) is 2.01. The number of carbonyl (C=O) groups is 1. The van der Waals surface area contributed by atoms with E-state index >= 15 is 0 Å². The summed E-state index contributed by atoms with van der Waals surface area (Å²) in [4.78, 5) is 21.1. The highest BCUT2D eigenvalue weighted by molar-refractivity contribution is 5.90. The first-order valence-electron chi connectivity index (χ1n) is 8.56. The largest absolute Gasteiger partial charge is 0.326 e. The Labute approximate surface area is 147 Å². The maximum Gasteiger partial charge on any atom is 0.252 e. The SMILES string of the molecule is CCc1ccc(NC(=O)CCc2c(C)nc3nc(C)nn3c2C)cc1. The van der Waals surface area contributed by atoms with Crippen molar-refractivity contribution in [2.24, 2.45) is 0 Å². The maximum atomic E-state index is 12.3. The zero-order valence-corrected chi connectivity index (χ0v) is 15.1. The molecular weight excluding hydrogens is 314 g/mol. The molecule has 0 aliphatic carbocycles. The van der Waals surface area contributed by atoms with Crippen molar-refractivity contribution in [3.8, 4) is 0 Å². The Morgan fingerprint density at radius 3 is 2.52 bits per heavy atom. The molecule has 1 amide bonds. The topological polar surface area (TPSA) is 72.2 Å². The Kier molecular flexibility index (Phi) is 4.79. The lowest BCUT2D eigenvalue weighted by Crippen LogP contribution is -2.14. The molecule has 0 unspecified atom stereocenters. The number of rotatable bonds is 5. The summed E-state index contributed by atoms with van der Waals surface area (Å²) in [7, 11) is 0. The molecule has 2 aromatic heterocycles. The Morgan fingerprint density at radius 2 is 1.84 bits per heavy atom. The van der Waals surface area contributed by atoms with Gasteiger partial charge in [-0.3, -0.25) is 4.79 Å². The molecule has 0 atom stereocenters. The minimum absolute atomic E-state index is 0.00193. The van der Waals surface area contributed by atoms with Gasteiger partial charge in [0.25, 0.3) is 5.78 Å². The van der Waals surface area contributed by atoms with E-state index in [1.807, 2.05) is 45.0 Å². The van der Waals surface area contributed by atoms with E-state index in [-0.39, 0.29) is 5.91 Å². The number of amides is 1. The number of fused-ring (bicyclic) bond motifs is 1. The minimum atomic E-state index is -0.00193. The number of aromatic nitrogens is 4. The summed E-state index contributed by atoms with van der Waals surface area (Å²) in [6.45, 7) is 7.90. The number of hydrogen-bond acceptors (Lipinski definition) is 4. The molecule has 1 aromatic carbocycles. The second-order valence-corrected chi connectivity index (χ2v) is 6.23. The number of hydrogen-bond donors (Lipinski definition) is 1. The van der Waals surface area contributed by atoms with Gasteiger partial charge in [0.1, 0.15) is 5.82 Å². The van der Waals surface area contributed by atoms with Gasteiger partial charge in [0.15, 0.2) is 0 Å². The molecule has 1 N–H and O–H groups in total. The lowest BCUT2D eigenvalue weighted by atomic mass is 10.1. The van der Waals surface area contributed by atoms with Crippen LogP contribution in [0.3, 0.4) is 0 Å². The average molecular weight is 337 g/mol. The van der Waals surface area contributed by atoms with Gasteiger partial charge in [-0.1, -0.05) is 19.1 Å². The van der Waals surface area contributed by atoms with Crippen LogP contribution in [0.25, 0.3) is 5.78 Å². The zero-order valence-electron chi connectivity index (χ0n) is 15.1. The number of benzene rings is 1. The Bertz CT molecular complexity index is 912. The third-order valence-corrected chi connectivity index (χ3v) is 4.40. The summed E-state index contributed by atoms with van der Waals surface area (Å²) >= 11 is 0. The van der Waals surface area contributed by atoms with Crippen LogP contribution in [0.15, 0.2) is 24.3 Å². The van der Waals surface area contributed by atoms with Crippen LogP contribution >= 0.6 is 0 Å². The molecule has 2 heterocycles. The van der Waals surface area contributed by atoms with Gasteiger partial charge in [-0.25, -0.2) is 9.50 Å². The van der Waals surface area contributed by atoms with Crippen LogP contribution in [0.4, 0.5) is 5.69 Å². The van der Waals surface area contributed by atoms with Crippen molar-refractivity contribution in [3.63, 3.8) is 0 Å². The van der Waals surface area contributed by atoms with E-state index in [4.69, 9.17) is 0 Å². The predicted octanol–water partition coefficient (Wildman–Crippen LogP) is 3.18. The summed E-state index contributed by atoms with van der Waals surface area (Å²) < 4.78 is 1.75. The van der Waals surface area contributed by atoms with Crippen LogP contribution in [0.5, 0.6) is 0 Å². The number of anilines is 1. The zero-order chi connectivity index (χ0) is 18.0. The van der Waals surface area contributed by atoms with Crippen molar-refractivity contribution in [2.75, 3.05) is 5.32 Å². The Morgan fingerprint density at radius 1 is 1.12 bits per heavy atom. The van der Waals surface area contributed by atoms with Crippen LogP contribution in [-0.4, -0.2) is 25.5 Å². The molecule has 0 radical (unpaired) electrons. The normalized spacial score (nSPS) is 11.0. The van der Waals surface area contributed by atoms with Crippen molar-refractivity contribution in [1.29, 1.82) is 0 Å². The molecule has 0 bridgehead atoms. The first-order valence-corrected chi connectivity index (χ1v) is 8.56. The molecule has 0 spiro atoms. The third-order valence-electron chi connectivity index (χ3n) is 4.40. The number of aryl methyl sites for hydroxylation is 4. The minimum Gasteiger partial charge on any atom is -0.326 e. The van der Waals surface area contributed by atoms with Crippen LogP contribution in [0, 0.1) is 20.8 Å². The van der Waals surface area contributed by atoms with Crippen LogP contribution in [-0.2, 0) is 17.6 Å². The van der Waals surface area contributed by atoms with Crippen LogP contribution in [0.2, 0.25) is 0 Å². The van der Waals surface area contributed by atoms with Gasteiger partial charge in [-0.05, 0) is 56.9 Å². The smallest absolute Gasteiger partial charge is 0.252 e. The highest BCUT2D eigenvalue weighted by atomic mass is 16.1. The highest BCUT2D eigenvalue weighted by Crippen LogP contribution is 2.16. The fourth-order valence-electron chi connectivity index (χ4n) is 2.96. The first kappa shape index (κ1) is 17.1. The van der Waals surface area contributed by atoms with E-state index in [1.54, 1.807) is 4.52 Å². The number of carbonyl (C=O) groups excluding carboxylic acids is 1. The van der Waals surface area contributed by atoms with Gasteiger partial charge in [0.2, 0.25) is 5.91 Å². The van der Waals surface area contributed by atoms with Gasteiger partial charge in [0, 0.05) is 23.5 Å². The summed E-state index contributed by atoms with van der Waals surface area (Å²) in [5.74, 6) is 1.30. The fraction of sp³-hybridized carbons (Fsp3) is 0.368. The maximum absolute atomic E-state index is 12.3. The first-order chi connectivity index (χ1) is 12.0. The number of nitrogens with one attached hydrogen (secondary N) is 1. The molecular formula is C19H23N5O. The third kappa shape index (κ3) is 3.68. The second kappa shape index (κ2) is 7.01. The molecule has 25 heavy (non-hydrogen) atoms. The molecule has 0 saturated heterocycles. The van der Waals surface area contributed by atoms with E-state index in [0.717, 1.165) is 29.1 Å². The Balaban J connectivity index is 1.70. The molecule has 3 aromatic rings. The molecule has 0 aliphatic rings. The molecule has 0 saturated carbocycles. The molecule has 6 nitrogen and oxygen atoms in total. The van der Waals surface area contributed by atoms with E-state index in [2.05, 4.69) is 27.3 Å².